The van der Waals surface area contributed by atoms with Crippen molar-refractivity contribution in [3.63, 3.8) is 0 Å². The smallest absolute Gasteiger partial charge is 0.251 e. The zero-order chi connectivity index (χ0) is 16.9. The molecule has 1 aromatic carbocycles. The van der Waals surface area contributed by atoms with Gasteiger partial charge in [0.15, 0.2) is 5.82 Å². The number of anilines is 1. The first-order chi connectivity index (χ1) is 11.7. The fourth-order valence-electron chi connectivity index (χ4n) is 2.40. The minimum Gasteiger partial charge on any atom is -0.497 e. The van der Waals surface area contributed by atoms with Crippen LogP contribution in [-0.2, 0) is 0 Å². The Bertz CT molecular complexity index is 859. The minimum atomic E-state index is -0.137. The number of ether oxygens (including phenoxy) is 1. The molecule has 2 aromatic heterocycles. The lowest BCUT2D eigenvalue weighted by Gasteiger charge is -2.09. The van der Waals surface area contributed by atoms with Crippen LogP contribution in [0.25, 0.3) is 5.52 Å². The molecule has 0 spiro atoms. The molecule has 0 fully saturated rings. The Balaban J connectivity index is 1.55. The first-order valence-electron chi connectivity index (χ1n) is 7.64. The first kappa shape index (κ1) is 15.8. The van der Waals surface area contributed by atoms with Crippen molar-refractivity contribution in [2.45, 2.75) is 6.92 Å². The molecule has 0 unspecified atom stereocenters. The van der Waals surface area contributed by atoms with E-state index in [0.29, 0.717) is 24.4 Å². The Labute approximate surface area is 139 Å². The van der Waals surface area contributed by atoms with E-state index in [0.717, 1.165) is 17.0 Å². The molecule has 7 nitrogen and oxygen atoms in total. The summed E-state index contributed by atoms with van der Waals surface area (Å²) in [4.78, 5) is 16.4. The van der Waals surface area contributed by atoms with E-state index in [1.807, 2.05) is 13.0 Å². The summed E-state index contributed by atoms with van der Waals surface area (Å²) in [6.45, 7) is 2.98. The van der Waals surface area contributed by atoms with Crippen molar-refractivity contribution >= 4 is 17.2 Å². The van der Waals surface area contributed by atoms with E-state index in [1.165, 1.54) is 0 Å². The summed E-state index contributed by atoms with van der Waals surface area (Å²) in [5.74, 6) is 1.27. The third-order valence-corrected chi connectivity index (χ3v) is 3.55. The maximum Gasteiger partial charge on any atom is 0.251 e. The molecule has 2 N–H and O–H groups in total. The van der Waals surface area contributed by atoms with Gasteiger partial charge in [0, 0.05) is 31.0 Å². The second kappa shape index (κ2) is 6.99. The van der Waals surface area contributed by atoms with Crippen LogP contribution in [0.1, 0.15) is 16.1 Å². The average Bonchev–Trinajstić information content (AvgIpc) is 2.99. The summed E-state index contributed by atoms with van der Waals surface area (Å²) in [5, 5.41) is 10.4. The number of methoxy groups -OCH3 is 1. The van der Waals surface area contributed by atoms with Crippen LogP contribution in [-0.4, -0.2) is 40.7 Å². The highest BCUT2D eigenvalue weighted by Crippen LogP contribution is 2.14. The predicted molar refractivity (Wildman–Crippen MR) is 91.5 cm³/mol. The Kier molecular flexibility index (Phi) is 4.60. The summed E-state index contributed by atoms with van der Waals surface area (Å²) in [6, 6.07) is 9.02. The molecule has 2 heterocycles. The number of carbonyl (C=O) groups excluding carboxylic acids is 1. The highest BCUT2D eigenvalue weighted by molar-refractivity contribution is 5.94. The van der Waals surface area contributed by atoms with Crippen molar-refractivity contribution in [1.82, 2.24) is 19.9 Å². The van der Waals surface area contributed by atoms with Gasteiger partial charge in [0.2, 0.25) is 0 Å². The van der Waals surface area contributed by atoms with Gasteiger partial charge in [-0.15, -0.1) is 0 Å². The van der Waals surface area contributed by atoms with Crippen molar-refractivity contribution in [2.75, 3.05) is 25.5 Å². The van der Waals surface area contributed by atoms with Crippen molar-refractivity contribution in [2.24, 2.45) is 0 Å². The topological polar surface area (TPSA) is 80.5 Å². The lowest BCUT2D eigenvalue weighted by molar-refractivity contribution is 0.0955. The fraction of sp³-hybridized carbons (Fsp3) is 0.235. The molecule has 3 rings (SSSR count). The molecular formula is C17H19N5O2. The fourth-order valence-corrected chi connectivity index (χ4v) is 2.40. The quantitative estimate of drug-likeness (QED) is 0.677. The van der Waals surface area contributed by atoms with Crippen molar-refractivity contribution in [1.29, 1.82) is 0 Å². The zero-order valence-electron chi connectivity index (χ0n) is 13.6. The van der Waals surface area contributed by atoms with E-state index in [2.05, 4.69) is 20.7 Å². The van der Waals surface area contributed by atoms with Crippen LogP contribution < -0.4 is 15.4 Å². The predicted octanol–water partition coefficient (Wildman–Crippen LogP) is 1.89. The second-order valence-electron chi connectivity index (χ2n) is 5.31. The molecule has 0 saturated heterocycles. The third kappa shape index (κ3) is 3.45. The van der Waals surface area contributed by atoms with Gasteiger partial charge in [-0.2, -0.15) is 5.10 Å². The lowest BCUT2D eigenvalue weighted by atomic mass is 10.2. The van der Waals surface area contributed by atoms with Crippen LogP contribution >= 0.6 is 0 Å². The number of rotatable bonds is 6. The largest absolute Gasteiger partial charge is 0.497 e. The number of aryl methyl sites for hydroxylation is 1. The molecule has 24 heavy (non-hydrogen) atoms. The van der Waals surface area contributed by atoms with Gasteiger partial charge in [-0.3, -0.25) is 4.79 Å². The number of nitrogens with zero attached hydrogens (tertiary/aromatic N) is 3. The van der Waals surface area contributed by atoms with E-state index in [1.54, 1.807) is 48.3 Å². The number of nitrogens with one attached hydrogen (secondary N) is 2. The van der Waals surface area contributed by atoms with Crippen molar-refractivity contribution < 1.29 is 9.53 Å². The van der Waals surface area contributed by atoms with Gasteiger partial charge >= 0.3 is 0 Å². The van der Waals surface area contributed by atoms with Crippen molar-refractivity contribution in [3.05, 3.63) is 54.0 Å². The molecule has 0 aliphatic rings. The van der Waals surface area contributed by atoms with Crippen LogP contribution in [0.5, 0.6) is 5.75 Å². The van der Waals surface area contributed by atoms with E-state index < -0.39 is 0 Å². The Morgan fingerprint density at radius 1 is 1.29 bits per heavy atom. The maximum atomic E-state index is 12.1. The molecule has 124 valence electrons. The number of hydrogen-bond acceptors (Lipinski definition) is 5. The van der Waals surface area contributed by atoms with Gasteiger partial charge in [-0.25, -0.2) is 9.50 Å². The number of amides is 1. The summed E-state index contributed by atoms with van der Waals surface area (Å²) >= 11 is 0. The third-order valence-electron chi connectivity index (χ3n) is 3.55. The molecule has 0 aliphatic heterocycles. The normalized spacial score (nSPS) is 10.6. The van der Waals surface area contributed by atoms with Gasteiger partial charge in [0.25, 0.3) is 5.91 Å². The standard InChI is InChI=1S/C17H19N5O2/c1-12-10-15-16(19-8-9-22(15)21-12)18-6-7-20-17(23)13-4-3-5-14(11-13)24-2/h3-5,8-11H,6-7H2,1-2H3,(H,18,19)(H,20,23). The van der Waals surface area contributed by atoms with Crippen LogP contribution in [0.3, 0.4) is 0 Å². The van der Waals surface area contributed by atoms with Crippen LogP contribution in [0, 0.1) is 6.92 Å². The number of hydrogen-bond donors (Lipinski definition) is 2. The highest BCUT2D eigenvalue weighted by atomic mass is 16.5. The first-order valence-corrected chi connectivity index (χ1v) is 7.64. The van der Waals surface area contributed by atoms with Gasteiger partial charge in [0.1, 0.15) is 11.3 Å². The molecular weight excluding hydrogens is 306 g/mol. The van der Waals surface area contributed by atoms with E-state index in [9.17, 15) is 4.79 Å². The van der Waals surface area contributed by atoms with E-state index in [-0.39, 0.29) is 5.91 Å². The number of carbonyl (C=O) groups is 1. The Morgan fingerprint density at radius 2 is 2.17 bits per heavy atom. The average molecular weight is 325 g/mol. The van der Waals surface area contributed by atoms with Crippen LogP contribution in [0.4, 0.5) is 5.82 Å². The molecule has 0 atom stereocenters. The maximum absolute atomic E-state index is 12.1. The second-order valence-corrected chi connectivity index (χ2v) is 5.31. The van der Waals surface area contributed by atoms with Gasteiger partial charge in [0.05, 0.1) is 12.8 Å². The lowest BCUT2D eigenvalue weighted by Crippen LogP contribution is -2.29. The van der Waals surface area contributed by atoms with Crippen molar-refractivity contribution in [3.8, 4) is 5.75 Å². The molecule has 3 aromatic rings. The Morgan fingerprint density at radius 3 is 3.00 bits per heavy atom. The molecule has 0 radical (unpaired) electrons. The summed E-state index contributed by atoms with van der Waals surface area (Å²) in [7, 11) is 1.58. The van der Waals surface area contributed by atoms with Gasteiger partial charge in [-0.05, 0) is 31.2 Å². The van der Waals surface area contributed by atoms with E-state index >= 15 is 0 Å². The minimum absolute atomic E-state index is 0.137. The number of aromatic nitrogens is 3. The van der Waals surface area contributed by atoms with E-state index in [4.69, 9.17) is 4.74 Å². The van der Waals surface area contributed by atoms with Gasteiger partial charge < -0.3 is 15.4 Å². The SMILES string of the molecule is COc1cccc(C(=O)NCCNc2nccn3nc(C)cc23)c1. The summed E-state index contributed by atoms with van der Waals surface area (Å²) < 4.78 is 6.90. The Hall–Kier alpha value is -3.09. The molecule has 0 saturated carbocycles. The summed E-state index contributed by atoms with van der Waals surface area (Å²) in [6.07, 6.45) is 3.49. The van der Waals surface area contributed by atoms with Gasteiger partial charge in [-0.1, -0.05) is 6.07 Å². The monoisotopic (exact) mass is 325 g/mol. The zero-order valence-corrected chi connectivity index (χ0v) is 13.6. The summed E-state index contributed by atoms with van der Waals surface area (Å²) in [5.41, 5.74) is 2.41. The van der Waals surface area contributed by atoms with Crippen LogP contribution in [0.2, 0.25) is 0 Å². The number of benzene rings is 1. The molecule has 7 heteroatoms. The molecule has 0 bridgehead atoms. The highest BCUT2D eigenvalue weighted by Gasteiger charge is 2.07. The molecule has 0 aliphatic carbocycles. The van der Waals surface area contributed by atoms with Crippen LogP contribution in [0.15, 0.2) is 42.7 Å². The number of fused-ring (bicyclic) bond motifs is 1. The molecule has 1 amide bonds.